The van der Waals surface area contributed by atoms with Crippen molar-refractivity contribution in [2.75, 3.05) is 13.7 Å². The number of rotatable bonds is 6. The first-order valence-electron chi connectivity index (χ1n) is 8.33. The Balaban J connectivity index is 1.47. The maximum atomic E-state index is 12.1. The van der Waals surface area contributed by atoms with Gasteiger partial charge in [-0.2, -0.15) is 0 Å². The summed E-state index contributed by atoms with van der Waals surface area (Å²) in [7, 11) is 1.64. The highest BCUT2D eigenvalue weighted by atomic mass is 16.5. The van der Waals surface area contributed by atoms with Gasteiger partial charge in [0.05, 0.1) is 7.11 Å². The first-order valence-corrected chi connectivity index (χ1v) is 8.33. The molecular formula is C20H24N2O2. The number of hydrogen-bond acceptors (Lipinski definition) is 2. The van der Waals surface area contributed by atoms with Gasteiger partial charge in [-0.05, 0) is 43.0 Å². The van der Waals surface area contributed by atoms with Crippen molar-refractivity contribution in [2.24, 2.45) is 0 Å². The molecular weight excluding hydrogens is 300 g/mol. The molecule has 0 spiro atoms. The molecule has 2 aromatic carbocycles. The maximum Gasteiger partial charge on any atom is 0.315 e. The number of hydrogen-bond donors (Lipinski definition) is 2. The Kier molecular flexibility index (Phi) is 4.74. The predicted molar refractivity (Wildman–Crippen MR) is 95.3 cm³/mol. The fourth-order valence-electron chi connectivity index (χ4n) is 2.86. The van der Waals surface area contributed by atoms with E-state index in [2.05, 4.69) is 41.8 Å². The molecule has 2 N–H and O–H groups in total. The molecule has 0 radical (unpaired) electrons. The van der Waals surface area contributed by atoms with Gasteiger partial charge in [-0.3, -0.25) is 0 Å². The third-order valence-corrected chi connectivity index (χ3v) is 4.72. The van der Waals surface area contributed by atoms with Crippen LogP contribution >= 0.6 is 0 Å². The van der Waals surface area contributed by atoms with Crippen molar-refractivity contribution in [3.8, 4) is 5.75 Å². The van der Waals surface area contributed by atoms with Crippen LogP contribution in [0.5, 0.6) is 5.75 Å². The Hall–Kier alpha value is -2.49. The van der Waals surface area contributed by atoms with E-state index in [0.717, 1.165) is 24.2 Å². The molecule has 4 heteroatoms. The zero-order valence-corrected chi connectivity index (χ0v) is 14.3. The molecule has 1 saturated carbocycles. The van der Waals surface area contributed by atoms with Crippen LogP contribution in [0.1, 0.15) is 29.5 Å². The standard InChI is InChI=1S/C20H24N2O2/c1-15-3-7-17(8-4-15)20(11-12-20)14-22-19(23)21-13-16-5-9-18(24-2)10-6-16/h3-10H,11-14H2,1-2H3,(H2,21,22,23). The molecule has 0 heterocycles. The second-order valence-electron chi connectivity index (χ2n) is 6.53. The number of methoxy groups -OCH3 is 1. The van der Waals surface area contributed by atoms with E-state index in [9.17, 15) is 4.79 Å². The second kappa shape index (κ2) is 6.95. The van der Waals surface area contributed by atoms with Crippen molar-refractivity contribution >= 4 is 6.03 Å². The van der Waals surface area contributed by atoms with Gasteiger partial charge >= 0.3 is 6.03 Å². The molecule has 0 bridgehead atoms. The minimum atomic E-state index is -0.121. The molecule has 2 amide bonds. The number of aryl methyl sites for hydroxylation is 1. The van der Waals surface area contributed by atoms with Crippen LogP contribution in [0, 0.1) is 6.92 Å². The Labute approximate surface area is 143 Å². The summed E-state index contributed by atoms with van der Waals surface area (Å²) >= 11 is 0. The minimum Gasteiger partial charge on any atom is -0.497 e. The summed E-state index contributed by atoms with van der Waals surface area (Å²) in [6.45, 7) is 3.28. The zero-order valence-electron chi connectivity index (χ0n) is 14.3. The van der Waals surface area contributed by atoms with Gasteiger partial charge in [0.1, 0.15) is 5.75 Å². The van der Waals surface area contributed by atoms with Crippen LogP contribution in [0.2, 0.25) is 0 Å². The normalized spacial score (nSPS) is 14.8. The lowest BCUT2D eigenvalue weighted by Gasteiger charge is -2.17. The average Bonchev–Trinajstić information content (AvgIpc) is 3.40. The van der Waals surface area contributed by atoms with Gasteiger partial charge in [-0.25, -0.2) is 4.79 Å². The van der Waals surface area contributed by atoms with Crippen molar-refractivity contribution < 1.29 is 9.53 Å². The number of amides is 2. The number of benzene rings is 2. The molecule has 126 valence electrons. The zero-order chi connectivity index (χ0) is 17.0. The van der Waals surface area contributed by atoms with Crippen LogP contribution in [0.3, 0.4) is 0 Å². The molecule has 1 aliphatic rings. The number of nitrogens with one attached hydrogen (secondary N) is 2. The van der Waals surface area contributed by atoms with Crippen LogP contribution < -0.4 is 15.4 Å². The Morgan fingerprint density at radius 1 is 1.04 bits per heavy atom. The molecule has 0 aliphatic heterocycles. The van der Waals surface area contributed by atoms with Crippen LogP contribution in [0.15, 0.2) is 48.5 Å². The van der Waals surface area contributed by atoms with Crippen LogP contribution in [0.25, 0.3) is 0 Å². The molecule has 0 atom stereocenters. The highest BCUT2D eigenvalue weighted by Crippen LogP contribution is 2.47. The summed E-state index contributed by atoms with van der Waals surface area (Å²) in [6.07, 6.45) is 2.27. The van der Waals surface area contributed by atoms with E-state index in [-0.39, 0.29) is 11.4 Å². The summed E-state index contributed by atoms with van der Waals surface area (Å²) in [5, 5.41) is 5.92. The average molecular weight is 324 g/mol. The summed E-state index contributed by atoms with van der Waals surface area (Å²) < 4.78 is 5.13. The van der Waals surface area contributed by atoms with Crippen molar-refractivity contribution in [1.82, 2.24) is 10.6 Å². The van der Waals surface area contributed by atoms with Gasteiger partial charge in [-0.15, -0.1) is 0 Å². The van der Waals surface area contributed by atoms with Crippen molar-refractivity contribution in [3.63, 3.8) is 0 Å². The van der Waals surface area contributed by atoms with Gasteiger partial charge in [-0.1, -0.05) is 42.0 Å². The monoisotopic (exact) mass is 324 g/mol. The number of ether oxygens (including phenoxy) is 1. The first kappa shape index (κ1) is 16.4. The van der Waals surface area contributed by atoms with E-state index in [1.807, 2.05) is 24.3 Å². The third-order valence-electron chi connectivity index (χ3n) is 4.72. The van der Waals surface area contributed by atoms with Crippen molar-refractivity contribution in [3.05, 3.63) is 65.2 Å². The van der Waals surface area contributed by atoms with E-state index >= 15 is 0 Å². The lowest BCUT2D eigenvalue weighted by molar-refractivity contribution is 0.239. The summed E-state index contributed by atoms with van der Waals surface area (Å²) in [5.41, 5.74) is 3.76. The van der Waals surface area contributed by atoms with Crippen LogP contribution in [-0.4, -0.2) is 19.7 Å². The molecule has 2 aromatic rings. The predicted octanol–water partition coefficient (Wildman–Crippen LogP) is 3.53. The SMILES string of the molecule is COc1ccc(CNC(=O)NCC2(c3ccc(C)cc3)CC2)cc1. The van der Waals surface area contributed by atoms with Gasteiger partial charge < -0.3 is 15.4 Å². The molecule has 0 aromatic heterocycles. The quantitative estimate of drug-likeness (QED) is 0.854. The minimum absolute atomic E-state index is 0.121. The van der Waals surface area contributed by atoms with E-state index in [1.165, 1.54) is 11.1 Å². The summed E-state index contributed by atoms with van der Waals surface area (Å²) in [5.74, 6) is 0.817. The second-order valence-corrected chi connectivity index (χ2v) is 6.53. The molecule has 1 fully saturated rings. The lowest BCUT2D eigenvalue weighted by atomic mass is 9.95. The van der Waals surface area contributed by atoms with E-state index in [1.54, 1.807) is 7.11 Å². The van der Waals surface area contributed by atoms with E-state index < -0.39 is 0 Å². The summed E-state index contributed by atoms with van der Waals surface area (Å²) in [6, 6.07) is 16.2. The molecule has 4 nitrogen and oxygen atoms in total. The van der Waals surface area contributed by atoms with E-state index in [0.29, 0.717) is 13.1 Å². The Morgan fingerprint density at radius 3 is 2.29 bits per heavy atom. The fourth-order valence-corrected chi connectivity index (χ4v) is 2.86. The first-order chi connectivity index (χ1) is 11.6. The van der Waals surface area contributed by atoms with Crippen molar-refractivity contribution in [2.45, 2.75) is 31.7 Å². The van der Waals surface area contributed by atoms with E-state index in [4.69, 9.17) is 4.74 Å². The highest BCUT2D eigenvalue weighted by molar-refractivity contribution is 5.74. The van der Waals surface area contributed by atoms with Crippen LogP contribution in [-0.2, 0) is 12.0 Å². The number of carbonyl (C=O) groups excluding carboxylic acids is 1. The van der Waals surface area contributed by atoms with Crippen molar-refractivity contribution in [1.29, 1.82) is 0 Å². The lowest BCUT2D eigenvalue weighted by Crippen LogP contribution is -2.39. The number of carbonyl (C=O) groups is 1. The number of urea groups is 1. The Morgan fingerprint density at radius 2 is 1.71 bits per heavy atom. The molecule has 24 heavy (non-hydrogen) atoms. The molecule has 0 saturated heterocycles. The van der Waals surface area contributed by atoms with Gasteiger partial charge in [0.25, 0.3) is 0 Å². The molecule has 0 unspecified atom stereocenters. The smallest absolute Gasteiger partial charge is 0.315 e. The highest BCUT2D eigenvalue weighted by Gasteiger charge is 2.44. The maximum absolute atomic E-state index is 12.1. The molecule has 3 rings (SSSR count). The molecule has 1 aliphatic carbocycles. The fraction of sp³-hybridized carbons (Fsp3) is 0.350. The van der Waals surface area contributed by atoms with Gasteiger partial charge in [0, 0.05) is 18.5 Å². The van der Waals surface area contributed by atoms with Gasteiger partial charge in [0.15, 0.2) is 0 Å². The topological polar surface area (TPSA) is 50.4 Å². The summed E-state index contributed by atoms with van der Waals surface area (Å²) in [4.78, 5) is 12.1. The Bertz CT molecular complexity index is 689. The van der Waals surface area contributed by atoms with Crippen LogP contribution in [0.4, 0.5) is 4.79 Å². The third kappa shape index (κ3) is 3.88. The largest absolute Gasteiger partial charge is 0.497 e. The van der Waals surface area contributed by atoms with Gasteiger partial charge in [0.2, 0.25) is 0 Å².